The maximum Gasteiger partial charge on any atom is 0.335 e. The molecule has 1 heterocycles. The summed E-state index contributed by atoms with van der Waals surface area (Å²) in [6.45, 7) is 1.55. The predicted octanol–water partition coefficient (Wildman–Crippen LogP) is 2.66. The predicted molar refractivity (Wildman–Crippen MR) is 92.7 cm³/mol. The van der Waals surface area contributed by atoms with Crippen molar-refractivity contribution in [3.8, 4) is 5.75 Å². The highest BCUT2D eigenvalue weighted by Crippen LogP contribution is 2.27. The summed E-state index contributed by atoms with van der Waals surface area (Å²) >= 11 is 0. The molecule has 2 aromatic rings. The third kappa shape index (κ3) is 3.74. The van der Waals surface area contributed by atoms with Gasteiger partial charge in [0.1, 0.15) is 5.75 Å². The lowest BCUT2D eigenvalue weighted by molar-refractivity contribution is 0.0697. The largest absolute Gasteiger partial charge is 0.496 e. The number of carbonyl (C=O) groups excluding carboxylic acids is 1. The van der Waals surface area contributed by atoms with E-state index in [1.54, 1.807) is 24.1 Å². The molecule has 0 spiro atoms. The van der Waals surface area contributed by atoms with Crippen molar-refractivity contribution in [1.29, 1.82) is 0 Å². The van der Waals surface area contributed by atoms with Gasteiger partial charge in [0.25, 0.3) is 0 Å². The fourth-order valence-corrected chi connectivity index (χ4v) is 2.99. The van der Waals surface area contributed by atoms with E-state index in [1.807, 2.05) is 18.2 Å². The molecule has 25 heavy (non-hydrogen) atoms. The number of fused-ring (bicyclic) bond motifs is 1. The van der Waals surface area contributed by atoms with Crippen molar-refractivity contribution in [2.75, 3.05) is 13.7 Å². The molecule has 0 fully saturated rings. The Morgan fingerprint density at radius 3 is 2.64 bits per heavy atom. The SMILES string of the molecule is COc1cccc2c1CCN(C(=O)NCc1ccc(C(=O)O)cc1)C2. The van der Waals surface area contributed by atoms with Gasteiger partial charge in [0.2, 0.25) is 0 Å². The lowest BCUT2D eigenvalue weighted by atomic mass is 9.99. The van der Waals surface area contributed by atoms with Gasteiger partial charge in [-0.05, 0) is 35.7 Å². The van der Waals surface area contributed by atoms with Gasteiger partial charge < -0.3 is 20.1 Å². The number of nitrogens with one attached hydrogen (secondary N) is 1. The first-order chi connectivity index (χ1) is 12.1. The van der Waals surface area contributed by atoms with Crippen LogP contribution in [0.4, 0.5) is 4.79 Å². The zero-order valence-corrected chi connectivity index (χ0v) is 14.0. The summed E-state index contributed by atoms with van der Waals surface area (Å²) < 4.78 is 5.38. The maximum absolute atomic E-state index is 12.4. The molecule has 0 unspecified atom stereocenters. The van der Waals surface area contributed by atoms with Crippen molar-refractivity contribution in [2.45, 2.75) is 19.5 Å². The minimum absolute atomic E-state index is 0.129. The van der Waals surface area contributed by atoms with E-state index >= 15 is 0 Å². The van der Waals surface area contributed by atoms with Crippen LogP contribution < -0.4 is 10.1 Å². The van der Waals surface area contributed by atoms with E-state index in [4.69, 9.17) is 9.84 Å². The third-order valence-electron chi connectivity index (χ3n) is 4.37. The summed E-state index contributed by atoms with van der Waals surface area (Å²) in [5.41, 5.74) is 3.36. The van der Waals surface area contributed by atoms with E-state index in [9.17, 15) is 9.59 Å². The standard InChI is InChI=1S/C19H20N2O4/c1-25-17-4-2-3-15-12-21(10-9-16(15)17)19(24)20-11-13-5-7-14(8-6-13)18(22)23/h2-8H,9-12H2,1H3,(H,20,24)(H,22,23). The molecule has 0 saturated carbocycles. The molecule has 3 rings (SSSR count). The second-order valence-corrected chi connectivity index (χ2v) is 5.93. The number of ether oxygens (including phenoxy) is 1. The molecule has 2 aromatic carbocycles. The van der Waals surface area contributed by atoms with Crippen LogP contribution in [0.3, 0.4) is 0 Å². The van der Waals surface area contributed by atoms with Crippen LogP contribution in [0.1, 0.15) is 27.0 Å². The Labute approximate surface area is 146 Å². The first-order valence-electron chi connectivity index (χ1n) is 8.08. The second-order valence-electron chi connectivity index (χ2n) is 5.93. The van der Waals surface area contributed by atoms with E-state index < -0.39 is 5.97 Å². The molecule has 0 saturated heterocycles. The number of amides is 2. The van der Waals surface area contributed by atoms with Crippen LogP contribution in [-0.2, 0) is 19.5 Å². The van der Waals surface area contributed by atoms with Crippen LogP contribution in [-0.4, -0.2) is 35.7 Å². The van der Waals surface area contributed by atoms with E-state index in [1.165, 1.54) is 17.7 Å². The Hall–Kier alpha value is -3.02. The lowest BCUT2D eigenvalue weighted by Gasteiger charge is -2.29. The van der Waals surface area contributed by atoms with Crippen molar-refractivity contribution in [1.82, 2.24) is 10.2 Å². The average molecular weight is 340 g/mol. The van der Waals surface area contributed by atoms with Gasteiger partial charge in [-0.1, -0.05) is 24.3 Å². The summed E-state index contributed by atoms with van der Waals surface area (Å²) in [6, 6.07) is 12.2. The number of carbonyl (C=O) groups is 2. The minimum atomic E-state index is -0.960. The van der Waals surface area contributed by atoms with Crippen LogP contribution in [0, 0.1) is 0 Å². The zero-order chi connectivity index (χ0) is 17.8. The maximum atomic E-state index is 12.4. The summed E-state index contributed by atoms with van der Waals surface area (Å²) in [7, 11) is 1.66. The van der Waals surface area contributed by atoms with Crippen LogP contribution in [0.25, 0.3) is 0 Å². The summed E-state index contributed by atoms with van der Waals surface area (Å²) in [6.07, 6.45) is 0.764. The molecule has 1 aliphatic rings. The lowest BCUT2D eigenvalue weighted by Crippen LogP contribution is -2.42. The number of rotatable bonds is 4. The Morgan fingerprint density at radius 2 is 1.96 bits per heavy atom. The number of carboxylic acid groups (broad SMARTS) is 1. The van der Waals surface area contributed by atoms with E-state index in [0.29, 0.717) is 19.6 Å². The highest BCUT2D eigenvalue weighted by atomic mass is 16.5. The Balaban J connectivity index is 1.59. The fourth-order valence-electron chi connectivity index (χ4n) is 2.99. The van der Waals surface area contributed by atoms with Crippen molar-refractivity contribution in [3.63, 3.8) is 0 Å². The molecule has 6 nitrogen and oxygen atoms in total. The molecule has 2 amide bonds. The van der Waals surface area contributed by atoms with Crippen molar-refractivity contribution >= 4 is 12.0 Å². The van der Waals surface area contributed by atoms with Gasteiger partial charge in [-0.15, -0.1) is 0 Å². The molecule has 0 aliphatic carbocycles. The quantitative estimate of drug-likeness (QED) is 0.897. The fraction of sp³-hybridized carbons (Fsp3) is 0.263. The number of carboxylic acids is 1. The van der Waals surface area contributed by atoms with Gasteiger partial charge >= 0.3 is 12.0 Å². The smallest absolute Gasteiger partial charge is 0.335 e. The molecular weight excluding hydrogens is 320 g/mol. The van der Waals surface area contributed by atoms with Crippen LogP contribution in [0.15, 0.2) is 42.5 Å². The molecule has 6 heteroatoms. The topological polar surface area (TPSA) is 78.9 Å². The van der Waals surface area contributed by atoms with E-state index in [2.05, 4.69) is 5.32 Å². The van der Waals surface area contributed by atoms with Crippen molar-refractivity contribution < 1.29 is 19.4 Å². The number of urea groups is 1. The van der Waals surface area contributed by atoms with Gasteiger partial charge in [-0.3, -0.25) is 0 Å². The molecule has 130 valence electrons. The summed E-state index contributed by atoms with van der Waals surface area (Å²) in [4.78, 5) is 25.0. The van der Waals surface area contributed by atoms with Crippen molar-refractivity contribution in [3.05, 3.63) is 64.7 Å². The third-order valence-corrected chi connectivity index (χ3v) is 4.37. The number of nitrogens with zero attached hydrogens (tertiary/aromatic N) is 1. The first-order valence-corrected chi connectivity index (χ1v) is 8.08. The van der Waals surface area contributed by atoms with E-state index in [-0.39, 0.29) is 11.6 Å². The molecular formula is C19H20N2O4. The summed E-state index contributed by atoms with van der Waals surface area (Å²) in [5.74, 6) is -0.0888. The number of benzene rings is 2. The van der Waals surface area contributed by atoms with Gasteiger partial charge in [-0.2, -0.15) is 0 Å². The Bertz CT molecular complexity index is 787. The normalized spacial score (nSPS) is 13.1. The first kappa shape index (κ1) is 16.8. The Kier molecular flexibility index (Phi) is 4.88. The van der Waals surface area contributed by atoms with Crippen molar-refractivity contribution in [2.24, 2.45) is 0 Å². The number of hydrogen-bond donors (Lipinski definition) is 2. The van der Waals surface area contributed by atoms with Gasteiger partial charge in [0, 0.05) is 25.2 Å². The number of aromatic carboxylic acids is 1. The average Bonchev–Trinajstić information content (AvgIpc) is 2.65. The monoisotopic (exact) mass is 340 g/mol. The second kappa shape index (κ2) is 7.25. The molecule has 0 atom stereocenters. The zero-order valence-electron chi connectivity index (χ0n) is 14.0. The van der Waals surface area contributed by atoms with Crippen LogP contribution in [0.5, 0.6) is 5.75 Å². The minimum Gasteiger partial charge on any atom is -0.496 e. The van der Waals surface area contributed by atoms with Gasteiger partial charge in [0.15, 0.2) is 0 Å². The molecule has 2 N–H and O–H groups in total. The molecule has 1 aliphatic heterocycles. The molecule has 0 radical (unpaired) electrons. The van der Waals surface area contributed by atoms with Crippen LogP contribution >= 0.6 is 0 Å². The molecule has 0 bridgehead atoms. The van der Waals surface area contributed by atoms with E-state index in [0.717, 1.165) is 23.3 Å². The number of methoxy groups -OCH3 is 1. The highest BCUT2D eigenvalue weighted by molar-refractivity contribution is 5.87. The van der Waals surface area contributed by atoms with Gasteiger partial charge in [0.05, 0.1) is 12.7 Å². The molecule has 0 aromatic heterocycles. The van der Waals surface area contributed by atoms with Crippen LogP contribution in [0.2, 0.25) is 0 Å². The Morgan fingerprint density at radius 1 is 1.20 bits per heavy atom. The van der Waals surface area contributed by atoms with Gasteiger partial charge in [-0.25, -0.2) is 9.59 Å². The number of hydrogen-bond acceptors (Lipinski definition) is 3. The summed E-state index contributed by atoms with van der Waals surface area (Å²) in [5, 5.41) is 11.8. The highest BCUT2D eigenvalue weighted by Gasteiger charge is 2.22.